The van der Waals surface area contributed by atoms with Crippen LogP contribution in [0, 0.1) is 14.9 Å². The van der Waals surface area contributed by atoms with Gasteiger partial charge in [-0.15, -0.1) is 11.3 Å². The molecule has 0 aliphatic rings. The minimum Gasteiger partial charge on any atom is -0.192 e. The van der Waals surface area contributed by atoms with Crippen molar-refractivity contribution in [1.82, 2.24) is 0 Å². The Hall–Kier alpha value is -0.310. The van der Waals surface area contributed by atoms with Crippen molar-refractivity contribution in [3.63, 3.8) is 0 Å². The number of rotatable bonds is 0. The lowest BCUT2D eigenvalue weighted by atomic mass is 10.2. The normalized spacial score (nSPS) is 10.2. The van der Waals surface area contributed by atoms with E-state index in [1.807, 2.05) is 18.2 Å². The Kier molecular flexibility index (Phi) is 2.45. The largest absolute Gasteiger partial charge is 0.192 e. The van der Waals surface area contributed by atoms with E-state index in [2.05, 4.69) is 28.7 Å². The lowest BCUT2D eigenvalue weighted by Crippen LogP contribution is -1.76. The van der Waals surface area contributed by atoms with Gasteiger partial charge in [-0.2, -0.15) is 5.26 Å². The molecule has 13 heavy (non-hydrogen) atoms. The van der Waals surface area contributed by atoms with E-state index in [4.69, 9.17) is 16.9 Å². The molecule has 1 aromatic carbocycles. The lowest BCUT2D eigenvalue weighted by molar-refractivity contribution is 1.51. The van der Waals surface area contributed by atoms with Gasteiger partial charge in [0.2, 0.25) is 0 Å². The number of hydrogen-bond donors (Lipinski definition) is 0. The molecule has 0 fully saturated rings. The van der Waals surface area contributed by atoms with Gasteiger partial charge in [0.15, 0.2) is 0 Å². The van der Waals surface area contributed by atoms with Gasteiger partial charge in [-0.25, -0.2) is 0 Å². The van der Waals surface area contributed by atoms with Crippen LogP contribution < -0.4 is 0 Å². The molecule has 0 saturated heterocycles. The predicted molar refractivity (Wildman–Crippen MR) is 64.3 cm³/mol. The molecule has 2 rings (SSSR count). The van der Waals surface area contributed by atoms with Gasteiger partial charge in [0, 0.05) is 8.96 Å². The van der Waals surface area contributed by atoms with Crippen molar-refractivity contribution in [2.45, 2.75) is 0 Å². The summed E-state index contributed by atoms with van der Waals surface area (Å²) in [6.45, 7) is 0. The second-order valence-corrected chi connectivity index (χ2v) is 5.35. The SMILES string of the molecule is N#Cc1ccc(I)c2cc(Cl)sc12. The average molecular weight is 320 g/mol. The van der Waals surface area contributed by atoms with Crippen LogP contribution in [-0.4, -0.2) is 0 Å². The summed E-state index contributed by atoms with van der Waals surface area (Å²) in [7, 11) is 0. The summed E-state index contributed by atoms with van der Waals surface area (Å²) in [5.74, 6) is 0. The van der Waals surface area contributed by atoms with E-state index in [9.17, 15) is 0 Å². The fourth-order valence-electron chi connectivity index (χ4n) is 1.15. The zero-order chi connectivity index (χ0) is 9.42. The zero-order valence-electron chi connectivity index (χ0n) is 6.34. The van der Waals surface area contributed by atoms with Crippen molar-refractivity contribution >= 4 is 55.6 Å². The van der Waals surface area contributed by atoms with Gasteiger partial charge in [0.1, 0.15) is 6.07 Å². The molecule has 0 spiro atoms. The molecular formula is C9H3ClINS. The molecule has 0 bridgehead atoms. The van der Waals surface area contributed by atoms with E-state index < -0.39 is 0 Å². The number of benzene rings is 1. The number of nitriles is 1. The Labute approximate surface area is 98.1 Å². The van der Waals surface area contributed by atoms with Crippen LogP contribution in [0.25, 0.3) is 10.1 Å². The van der Waals surface area contributed by atoms with Crippen LogP contribution >= 0.6 is 45.5 Å². The monoisotopic (exact) mass is 319 g/mol. The van der Waals surface area contributed by atoms with Gasteiger partial charge in [-0.3, -0.25) is 0 Å². The molecule has 0 radical (unpaired) electrons. The number of nitrogens with zero attached hydrogens (tertiary/aromatic N) is 1. The quantitative estimate of drug-likeness (QED) is 0.673. The van der Waals surface area contributed by atoms with Crippen LogP contribution in [0.15, 0.2) is 18.2 Å². The molecule has 1 aromatic heterocycles. The molecule has 0 atom stereocenters. The van der Waals surface area contributed by atoms with Crippen LogP contribution in [0.4, 0.5) is 0 Å². The van der Waals surface area contributed by atoms with Crippen LogP contribution in [0.5, 0.6) is 0 Å². The summed E-state index contributed by atoms with van der Waals surface area (Å²) in [4.78, 5) is 0. The van der Waals surface area contributed by atoms with Gasteiger partial charge in [0.25, 0.3) is 0 Å². The first-order valence-electron chi connectivity index (χ1n) is 3.50. The Morgan fingerprint density at radius 3 is 2.92 bits per heavy atom. The van der Waals surface area contributed by atoms with E-state index in [0.29, 0.717) is 5.56 Å². The fraction of sp³-hybridized carbons (Fsp3) is 0. The van der Waals surface area contributed by atoms with E-state index in [1.165, 1.54) is 11.3 Å². The van der Waals surface area contributed by atoms with Gasteiger partial charge in [-0.1, -0.05) is 11.6 Å². The van der Waals surface area contributed by atoms with Crippen molar-refractivity contribution in [3.05, 3.63) is 31.7 Å². The van der Waals surface area contributed by atoms with Gasteiger partial charge in [-0.05, 0) is 40.8 Å². The highest BCUT2D eigenvalue weighted by molar-refractivity contribution is 14.1. The molecule has 1 heterocycles. The summed E-state index contributed by atoms with van der Waals surface area (Å²) in [6, 6.07) is 7.83. The summed E-state index contributed by atoms with van der Waals surface area (Å²) in [6.07, 6.45) is 0. The molecule has 0 aliphatic heterocycles. The summed E-state index contributed by atoms with van der Waals surface area (Å²) in [5, 5.41) is 9.93. The molecule has 0 amide bonds. The van der Waals surface area contributed by atoms with Crippen molar-refractivity contribution in [2.24, 2.45) is 0 Å². The zero-order valence-corrected chi connectivity index (χ0v) is 10.1. The second kappa shape index (κ2) is 3.45. The van der Waals surface area contributed by atoms with Crippen LogP contribution in [0.1, 0.15) is 5.56 Å². The molecule has 0 saturated carbocycles. The van der Waals surface area contributed by atoms with Crippen molar-refractivity contribution in [1.29, 1.82) is 5.26 Å². The maximum Gasteiger partial charge on any atom is 0.101 e. The summed E-state index contributed by atoms with van der Waals surface area (Å²) in [5.41, 5.74) is 0.701. The first-order valence-corrected chi connectivity index (χ1v) is 5.77. The van der Waals surface area contributed by atoms with E-state index >= 15 is 0 Å². The Balaban J connectivity index is 2.94. The van der Waals surface area contributed by atoms with Crippen molar-refractivity contribution < 1.29 is 0 Å². The first-order chi connectivity index (χ1) is 6.22. The standard InChI is InChI=1S/C9H3ClINS/c10-8-3-6-7(11)2-1-5(4-12)9(6)13-8/h1-3H. The minimum absolute atomic E-state index is 0.701. The van der Waals surface area contributed by atoms with Crippen LogP contribution in [0.2, 0.25) is 4.34 Å². The van der Waals surface area contributed by atoms with Crippen LogP contribution in [0.3, 0.4) is 0 Å². The Morgan fingerprint density at radius 1 is 1.46 bits per heavy atom. The van der Waals surface area contributed by atoms with E-state index in [1.54, 1.807) is 0 Å². The van der Waals surface area contributed by atoms with E-state index in [0.717, 1.165) is 18.0 Å². The maximum absolute atomic E-state index is 8.85. The van der Waals surface area contributed by atoms with E-state index in [-0.39, 0.29) is 0 Å². The third kappa shape index (κ3) is 1.54. The van der Waals surface area contributed by atoms with Gasteiger partial charge >= 0.3 is 0 Å². The average Bonchev–Trinajstić information content (AvgIpc) is 2.48. The highest BCUT2D eigenvalue weighted by atomic mass is 127. The number of thiophene rings is 1. The molecule has 0 N–H and O–H groups in total. The number of hydrogen-bond acceptors (Lipinski definition) is 2. The predicted octanol–water partition coefficient (Wildman–Crippen LogP) is 4.03. The molecule has 0 aliphatic carbocycles. The topological polar surface area (TPSA) is 23.8 Å². The Bertz CT molecular complexity index is 512. The van der Waals surface area contributed by atoms with Crippen molar-refractivity contribution in [3.8, 4) is 6.07 Å². The second-order valence-electron chi connectivity index (χ2n) is 2.50. The molecular weight excluding hydrogens is 317 g/mol. The van der Waals surface area contributed by atoms with Gasteiger partial charge in [0.05, 0.1) is 14.6 Å². The highest BCUT2D eigenvalue weighted by Crippen LogP contribution is 2.34. The lowest BCUT2D eigenvalue weighted by Gasteiger charge is -1.94. The minimum atomic E-state index is 0.701. The van der Waals surface area contributed by atoms with Crippen LogP contribution in [-0.2, 0) is 0 Å². The molecule has 4 heteroatoms. The van der Waals surface area contributed by atoms with Crippen molar-refractivity contribution in [2.75, 3.05) is 0 Å². The molecule has 0 unspecified atom stereocenters. The summed E-state index contributed by atoms with van der Waals surface area (Å²) < 4.78 is 2.85. The first kappa shape index (κ1) is 9.25. The molecule has 1 nitrogen and oxygen atoms in total. The van der Waals surface area contributed by atoms with Gasteiger partial charge < -0.3 is 0 Å². The third-order valence-corrected chi connectivity index (χ3v) is 3.96. The maximum atomic E-state index is 8.85. The number of halogens is 2. The molecule has 2 aromatic rings. The molecule has 64 valence electrons. The number of fused-ring (bicyclic) bond motifs is 1. The highest BCUT2D eigenvalue weighted by Gasteiger charge is 2.07. The third-order valence-electron chi connectivity index (χ3n) is 1.72. The smallest absolute Gasteiger partial charge is 0.101 e. The Morgan fingerprint density at radius 2 is 2.23 bits per heavy atom. The summed E-state index contributed by atoms with van der Waals surface area (Å²) >= 11 is 9.59. The fourth-order valence-corrected chi connectivity index (χ4v) is 3.15.